The zero-order valence-corrected chi connectivity index (χ0v) is 19.5. The van der Waals surface area contributed by atoms with Gasteiger partial charge in [-0.1, -0.05) is 16.8 Å². The van der Waals surface area contributed by atoms with Crippen molar-refractivity contribution < 1.29 is 12.9 Å². The summed E-state index contributed by atoms with van der Waals surface area (Å²) in [6.07, 6.45) is 8.41. The molecule has 1 aromatic rings. The maximum Gasteiger partial charge on any atom is 0.220 e. The molecular weight excluding hydrogens is 493 g/mol. The van der Waals surface area contributed by atoms with Gasteiger partial charge in [-0.25, -0.2) is 8.42 Å². The Labute approximate surface area is 184 Å². The summed E-state index contributed by atoms with van der Waals surface area (Å²) in [7, 11) is -3.38. The number of halogens is 1. The summed E-state index contributed by atoms with van der Waals surface area (Å²) in [5.41, 5.74) is 1.95. The highest BCUT2D eigenvalue weighted by molar-refractivity contribution is 14.0. The highest BCUT2D eigenvalue weighted by Gasteiger charge is 2.28. The molecule has 0 unspecified atom stereocenters. The molecule has 2 aliphatic rings. The molecule has 10 heteroatoms. The molecule has 1 aliphatic heterocycles. The average Bonchev–Trinajstić information content (AvgIpc) is 3.35. The van der Waals surface area contributed by atoms with Crippen LogP contribution in [0.3, 0.4) is 0 Å². The number of aliphatic imine (C=N–C) groups is 1. The van der Waals surface area contributed by atoms with Gasteiger partial charge in [-0.05, 0) is 32.6 Å². The van der Waals surface area contributed by atoms with E-state index in [0.29, 0.717) is 31.9 Å². The number of nitrogens with zero attached hydrogens (tertiary/aromatic N) is 4. The van der Waals surface area contributed by atoms with Crippen molar-refractivity contribution in [2.75, 3.05) is 39.3 Å². The minimum atomic E-state index is -3.38. The van der Waals surface area contributed by atoms with Crippen molar-refractivity contribution in [3.8, 4) is 0 Å². The normalized spacial score (nSPS) is 18.7. The third-order valence-electron chi connectivity index (χ3n) is 4.92. The van der Waals surface area contributed by atoms with Gasteiger partial charge in [0, 0.05) is 45.3 Å². The predicted molar refractivity (Wildman–Crippen MR) is 120 cm³/mol. The van der Waals surface area contributed by atoms with Gasteiger partial charge in [0.2, 0.25) is 10.0 Å². The first kappa shape index (κ1) is 23.1. The van der Waals surface area contributed by atoms with Crippen LogP contribution in [0.25, 0.3) is 0 Å². The summed E-state index contributed by atoms with van der Waals surface area (Å²) in [6, 6.07) is 1.59. The molecule has 2 heterocycles. The first-order valence-corrected chi connectivity index (χ1v) is 11.3. The number of rotatable bonds is 7. The van der Waals surface area contributed by atoms with E-state index in [1.807, 2.05) is 6.92 Å². The zero-order chi connectivity index (χ0) is 19.1. The van der Waals surface area contributed by atoms with Crippen molar-refractivity contribution in [2.45, 2.75) is 38.4 Å². The van der Waals surface area contributed by atoms with Crippen LogP contribution in [0.1, 0.15) is 38.3 Å². The molecule has 0 radical (unpaired) electrons. The molecule has 1 fully saturated rings. The maximum absolute atomic E-state index is 12.5. The van der Waals surface area contributed by atoms with Crippen LogP contribution in [0.2, 0.25) is 0 Å². The molecule has 1 saturated heterocycles. The molecule has 0 bridgehead atoms. The Morgan fingerprint density at radius 2 is 2.11 bits per heavy atom. The third-order valence-corrected chi connectivity index (χ3v) is 6.73. The van der Waals surface area contributed by atoms with E-state index in [4.69, 9.17) is 9.52 Å². The number of allylic oxidation sites excluding steroid dienone is 1. The van der Waals surface area contributed by atoms with Gasteiger partial charge in [-0.2, -0.15) is 4.31 Å². The Morgan fingerprint density at radius 3 is 2.71 bits per heavy atom. The number of aromatic nitrogens is 1. The molecule has 8 nitrogen and oxygen atoms in total. The molecular formula is C18H30IN5O3S. The van der Waals surface area contributed by atoms with Crippen LogP contribution in [-0.4, -0.2) is 68.0 Å². The summed E-state index contributed by atoms with van der Waals surface area (Å²) in [5, 5.41) is 7.04. The van der Waals surface area contributed by atoms with Crippen molar-refractivity contribution in [2.24, 2.45) is 4.99 Å². The van der Waals surface area contributed by atoms with Crippen molar-refractivity contribution in [1.82, 2.24) is 19.7 Å². The Hall–Kier alpha value is -1.14. The van der Waals surface area contributed by atoms with Gasteiger partial charge in [-0.15, -0.1) is 24.0 Å². The third kappa shape index (κ3) is 6.45. The SMILES string of the molecule is CCNC(=NCCC1=CCCC1)N1CCN(S(=O)(=O)Cc2ccon2)CC1.I. The van der Waals surface area contributed by atoms with Crippen molar-refractivity contribution >= 4 is 40.0 Å². The fraction of sp³-hybridized carbons (Fsp3) is 0.667. The molecule has 0 aromatic carbocycles. The van der Waals surface area contributed by atoms with Gasteiger partial charge < -0.3 is 14.7 Å². The lowest BCUT2D eigenvalue weighted by Crippen LogP contribution is -2.53. The Balaban J connectivity index is 0.00000280. The largest absolute Gasteiger partial charge is 0.364 e. The van der Waals surface area contributed by atoms with Gasteiger partial charge in [0.15, 0.2) is 5.96 Å². The molecule has 0 spiro atoms. The van der Waals surface area contributed by atoms with Crippen LogP contribution in [-0.2, 0) is 15.8 Å². The maximum atomic E-state index is 12.5. The minimum Gasteiger partial charge on any atom is -0.364 e. The van der Waals surface area contributed by atoms with Crippen molar-refractivity contribution in [1.29, 1.82) is 0 Å². The molecule has 0 amide bonds. The smallest absolute Gasteiger partial charge is 0.220 e. The highest BCUT2D eigenvalue weighted by Crippen LogP contribution is 2.20. The average molecular weight is 523 g/mol. The topological polar surface area (TPSA) is 91.0 Å². The van der Waals surface area contributed by atoms with Crippen molar-refractivity contribution in [3.05, 3.63) is 29.7 Å². The zero-order valence-electron chi connectivity index (χ0n) is 16.3. The summed E-state index contributed by atoms with van der Waals surface area (Å²) in [6.45, 7) is 5.79. The molecule has 1 aromatic heterocycles. The second-order valence-electron chi connectivity index (χ2n) is 6.87. The van der Waals surface area contributed by atoms with E-state index in [1.54, 1.807) is 6.07 Å². The number of sulfonamides is 1. The van der Waals surface area contributed by atoms with Gasteiger partial charge in [0.05, 0.1) is 5.69 Å². The van der Waals surface area contributed by atoms with Crippen LogP contribution in [0.5, 0.6) is 0 Å². The van der Waals surface area contributed by atoms with Gasteiger partial charge in [0.25, 0.3) is 0 Å². The molecule has 28 heavy (non-hydrogen) atoms. The Kier molecular flexibility index (Phi) is 9.22. The number of nitrogens with one attached hydrogen (secondary N) is 1. The molecule has 1 N–H and O–H groups in total. The second kappa shape index (κ2) is 11.1. The van der Waals surface area contributed by atoms with Gasteiger partial charge in [0.1, 0.15) is 12.0 Å². The summed E-state index contributed by atoms with van der Waals surface area (Å²) < 4.78 is 31.4. The van der Waals surface area contributed by atoms with E-state index in [2.05, 4.69) is 21.4 Å². The van der Waals surface area contributed by atoms with Crippen molar-refractivity contribution in [3.63, 3.8) is 0 Å². The summed E-state index contributed by atoms with van der Waals surface area (Å²) in [5.74, 6) is 0.761. The lowest BCUT2D eigenvalue weighted by atomic mass is 10.2. The number of hydrogen-bond donors (Lipinski definition) is 1. The first-order chi connectivity index (χ1) is 13.1. The fourth-order valence-corrected chi connectivity index (χ4v) is 4.89. The summed E-state index contributed by atoms with van der Waals surface area (Å²) >= 11 is 0. The van der Waals surface area contributed by atoms with Crippen LogP contribution in [0, 0.1) is 0 Å². The van der Waals surface area contributed by atoms with E-state index < -0.39 is 10.0 Å². The molecule has 0 atom stereocenters. The van der Waals surface area contributed by atoms with Crippen LogP contribution in [0.15, 0.2) is 33.5 Å². The van der Waals surface area contributed by atoms with E-state index in [1.165, 1.54) is 35.4 Å². The second-order valence-corrected chi connectivity index (χ2v) is 8.84. The monoisotopic (exact) mass is 523 g/mol. The number of hydrogen-bond acceptors (Lipinski definition) is 5. The lowest BCUT2D eigenvalue weighted by Gasteiger charge is -2.35. The van der Waals surface area contributed by atoms with E-state index in [9.17, 15) is 8.42 Å². The minimum absolute atomic E-state index is 0. The first-order valence-electron chi connectivity index (χ1n) is 9.67. The molecule has 1 aliphatic carbocycles. The van der Waals surface area contributed by atoms with Gasteiger partial charge in [-0.3, -0.25) is 4.99 Å². The Morgan fingerprint density at radius 1 is 1.32 bits per heavy atom. The fourth-order valence-electron chi connectivity index (χ4n) is 3.46. The molecule has 0 saturated carbocycles. The van der Waals surface area contributed by atoms with E-state index in [-0.39, 0.29) is 29.7 Å². The standard InChI is InChI=1S/C18H29N5O3S.HI/c1-2-19-18(20-9-7-16-5-3-4-6-16)22-10-12-23(13-11-22)27(24,25)15-17-8-14-26-21-17;/h5,8,14H,2-4,6-7,9-13,15H2,1H3,(H,19,20);1H. The Bertz CT molecular complexity index is 756. The van der Waals surface area contributed by atoms with Gasteiger partial charge >= 0.3 is 0 Å². The lowest BCUT2D eigenvalue weighted by molar-refractivity contribution is 0.260. The number of guanidine groups is 1. The van der Waals surface area contributed by atoms with Crippen LogP contribution in [0.4, 0.5) is 0 Å². The van der Waals surface area contributed by atoms with Crippen LogP contribution >= 0.6 is 24.0 Å². The highest BCUT2D eigenvalue weighted by atomic mass is 127. The quantitative estimate of drug-likeness (QED) is 0.255. The van der Waals surface area contributed by atoms with Crippen LogP contribution < -0.4 is 5.32 Å². The predicted octanol–water partition coefficient (Wildman–Crippen LogP) is 2.21. The molecule has 3 rings (SSSR count). The van der Waals surface area contributed by atoms with E-state index >= 15 is 0 Å². The summed E-state index contributed by atoms with van der Waals surface area (Å²) in [4.78, 5) is 6.90. The molecule has 158 valence electrons. The number of piperazine rings is 1. The van der Waals surface area contributed by atoms with E-state index in [0.717, 1.165) is 25.5 Å².